The number of benzene rings is 1. The van der Waals surface area contributed by atoms with Gasteiger partial charge in [0.2, 0.25) is 20.7 Å². The fourth-order valence-electron chi connectivity index (χ4n) is 3.24. The van der Waals surface area contributed by atoms with Crippen LogP contribution in [0.3, 0.4) is 0 Å². The van der Waals surface area contributed by atoms with Crippen molar-refractivity contribution in [2.24, 2.45) is 5.92 Å². The monoisotopic (exact) mass is 392 g/mol. The Morgan fingerprint density at radius 2 is 1.81 bits per heavy atom. The highest BCUT2D eigenvalue weighted by Gasteiger charge is 2.31. The summed E-state index contributed by atoms with van der Waals surface area (Å²) in [4.78, 5) is 6.62. The minimum Gasteiger partial charge on any atom is -0.494 e. The van der Waals surface area contributed by atoms with Gasteiger partial charge in [-0.3, -0.25) is 0 Å². The molecule has 1 aliphatic heterocycles. The van der Waals surface area contributed by atoms with Crippen molar-refractivity contribution in [3.05, 3.63) is 30.2 Å². The third-order valence-corrected chi connectivity index (χ3v) is 6.22. The quantitative estimate of drug-likeness (QED) is 0.706. The van der Waals surface area contributed by atoms with Crippen LogP contribution in [0.15, 0.2) is 38.6 Å². The molecule has 1 aliphatic rings. The van der Waals surface area contributed by atoms with E-state index in [0.29, 0.717) is 36.5 Å². The first-order valence-electron chi connectivity index (χ1n) is 9.64. The van der Waals surface area contributed by atoms with E-state index in [1.165, 1.54) is 0 Å². The topological polar surface area (TPSA) is 72.6 Å². The summed E-state index contributed by atoms with van der Waals surface area (Å²) in [5.74, 6) is 1.85. The highest BCUT2D eigenvalue weighted by molar-refractivity contribution is 7.91. The number of piperidine rings is 1. The largest absolute Gasteiger partial charge is 0.494 e. The minimum absolute atomic E-state index is 0.0317. The van der Waals surface area contributed by atoms with Crippen LogP contribution in [-0.2, 0) is 16.3 Å². The van der Waals surface area contributed by atoms with Gasteiger partial charge >= 0.3 is 0 Å². The lowest BCUT2D eigenvalue weighted by atomic mass is 10.1. The summed E-state index contributed by atoms with van der Waals surface area (Å²) in [6.45, 7) is 8.13. The van der Waals surface area contributed by atoms with E-state index >= 15 is 0 Å². The summed E-state index contributed by atoms with van der Waals surface area (Å²) in [5, 5.41) is 0.0317. The van der Waals surface area contributed by atoms with E-state index in [1.807, 2.05) is 11.8 Å². The second-order valence-electron chi connectivity index (χ2n) is 7.27. The molecule has 1 aromatic carbocycles. The van der Waals surface area contributed by atoms with Gasteiger partial charge in [0.1, 0.15) is 5.75 Å². The second-order valence-corrected chi connectivity index (χ2v) is 9.14. The first-order chi connectivity index (χ1) is 12.9. The molecule has 27 heavy (non-hydrogen) atoms. The van der Waals surface area contributed by atoms with Gasteiger partial charge in [-0.15, -0.1) is 0 Å². The van der Waals surface area contributed by atoms with E-state index in [4.69, 9.17) is 9.15 Å². The maximum atomic E-state index is 13.3. The van der Waals surface area contributed by atoms with Gasteiger partial charge in [-0.1, -0.05) is 13.8 Å². The summed E-state index contributed by atoms with van der Waals surface area (Å²) < 4.78 is 37.9. The Hall–Kier alpha value is -2.02. The average Bonchev–Trinajstić information content (AvgIpc) is 3.07. The van der Waals surface area contributed by atoms with Gasteiger partial charge in [-0.25, -0.2) is 8.42 Å². The molecule has 7 heteroatoms. The highest BCUT2D eigenvalue weighted by atomic mass is 32.2. The normalized spacial score (nSPS) is 15.3. The van der Waals surface area contributed by atoms with Gasteiger partial charge in [-0.2, -0.15) is 4.98 Å². The smallest absolute Gasteiger partial charge is 0.236 e. The number of ether oxygens (including phenoxy) is 1. The van der Waals surface area contributed by atoms with Crippen LogP contribution in [0.5, 0.6) is 5.75 Å². The van der Waals surface area contributed by atoms with E-state index in [2.05, 4.69) is 18.8 Å². The molecule has 2 aromatic rings. The lowest BCUT2D eigenvalue weighted by Gasteiger charge is -2.26. The predicted molar refractivity (Wildman–Crippen MR) is 104 cm³/mol. The van der Waals surface area contributed by atoms with Crippen LogP contribution in [0.25, 0.3) is 0 Å². The van der Waals surface area contributed by atoms with Crippen LogP contribution in [0.4, 0.5) is 5.88 Å². The highest BCUT2D eigenvalue weighted by Crippen LogP contribution is 2.33. The zero-order valence-electron chi connectivity index (χ0n) is 16.3. The van der Waals surface area contributed by atoms with Gasteiger partial charge < -0.3 is 14.1 Å². The van der Waals surface area contributed by atoms with E-state index < -0.39 is 9.84 Å². The predicted octanol–water partition coefficient (Wildman–Crippen LogP) is 4.09. The third-order valence-electron chi connectivity index (χ3n) is 4.55. The summed E-state index contributed by atoms with van der Waals surface area (Å²) in [5.41, 5.74) is 0. The molecule has 0 spiro atoms. The summed E-state index contributed by atoms with van der Waals surface area (Å²) in [7, 11) is -3.77. The number of oxazole rings is 1. The van der Waals surface area contributed by atoms with Gasteiger partial charge in [0.25, 0.3) is 0 Å². The minimum atomic E-state index is -3.77. The van der Waals surface area contributed by atoms with Crippen molar-refractivity contribution in [3.63, 3.8) is 0 Å². The van der Waals surface area contributed by atoms with Crippen molar-refractivity contribution in [2.75, 3.05) is 24.6 Å². The zero-order valence-corrected chi connectivity index (χ0v) is 17.1. The maximum Gasteiger partial charge on any atom is 0.236 e. The Balaban J connectivity index is 2.00. The molecule has 0 atom stereocenters. The molecule has 0 unspecified atom stereocenters. The Labute approximate surface area is 161 Å². The van der Waals surface area contributed by atoms with Crippen molar-refractivity contribution >= 4 is 15.7 Å². The van der Waals surface area contributed by atoms with Crippen LogP contribution in [0.1, 0.15) is 45.9 Å². The number of sulfone groups is 1. The standard InChI is InChI=1S/C20H28N2O4S/c1-4-25-16-8-10-17(11-9-16)27(23,24)19-20(22-12-6-5-7-13-22)26-18(21-19)14-15(2)3/h8-11,15H,4-7,12-14H2,1-3H3. The lowest BCUT2D eigenvalue weighted by Crippen LogP contribution is -2.30. The van der Waals surface area contributed by atoms with E-state index in [0.717, 1.165) is 32.4 Å². The summed E-state index contributed by atoms with van der Waals surface area (Å²) >= 11 is 0. The Morgan fingerprint density at radius 1 is 1.15 bits per heavy atom. The summed E-state index contributed by atoms with van der Waals surface area (Å²) in [6.07, 6.45) is 3.83. The molecule has 6 nitrogen and oxygen atoms in total. The number of hydrogen-bond donors (Lipinski definition) is 0. The Morgan fingerprint density at radius 3 is 2.41 bits per heavy atom. The number of aromatic nitrogens is 1. The van der Waals surface area contributed by atoms with Gasteiger partial charge in [-0.05, 0) is 56.4 Å². The molecule has 1 saturated heterocycles. The molecule has 0 amide bonds. The average molecular weight is 393 g/mol. The van der Waals surface area contributed by atoms with E-state index in [9.17, 15) is 8.42 Å². The van der Waals surface area contributed by atoms with Crippen LogP contribution < -0.4 is 9.64 Å². The van der Waals surface area contributed by atoms with E-state index in [1.54, 1.807) is 24.3 Å². The first kappa shape index (κ1) is 19.7. The molecule has 0 saturated carbocycles. The van der Waals surface area contributed by atoms with Crippen molar-refractivity contribution in [3.8, 4) is 5.75 Å². The molecule has 148 valence electrons. The van der Waals surface area contributed by atoms with Crippen LogP contribution in [0, 0.1) is 5.92 Å². The molecule has 1 fully saturated rings. The van der Waals surface area contributed by atoms with Crippen molar-refractivity contribution in [2.45, 2.75) is 56.4 Å². The SMILES string of the molecule is CCOc1ccc(S(=O)(=O)c2nc(CC(C)C)oc2N2CCCCC2)cc1. The maximum absolute atomic E-state index is 13.3. The number of nitrogens with zero attached hydrogens (tertiary/aromatic N) is 2. The molecule has 0 radical (unpaired) electrons. The Kier molecular flexibility index (Phi) is 6.09. The molecule has 3 rings (SSSR count). The first-order valence-corrected chi connectivity index (χ1v) is 11.1. The van der Waals surface area contributed by atoms with Gasteiger partial charge in [0, 0.05) is 19.5 Å². The van der Waals surface area contributed by atoms with Crippen LogP contribution in [-0.4, -0.2) is 33.1 Å². The fourth-order valence-corrected chi connectivity index (χ4v) is 4.58. The van der Waals surface area contributed by atoms with Crippen LogP contribution >= 0.6 is 0 Å². The number of rotatable bonds is 7. The fraction of sp³-hybridized carbons (Fsp3) is 0.550. The molecule has 2 heterocycles. The Bertz CT molecular complexity index is 851. The molecule has 1 aromatic heterocycles. The van der Waals surface area contributed by atoms with Crippen molar-refractivity contribution < 1.29 is 17.6 Å². The number of hydrogen-bond acceptors (Lipinski definition) is 6. The van der Waals surface area contributed by atoms with Crippen molar-refractivity contribution in [1.29, 1.82) is 0 Å². The molecule has 0 N–H and O–H groups in total. The second kappa shape index (κ2) is 8.33. The molecule has 0 bridgehead atoms. The van der Waals surface area contributed by atoms with Crippen molar-refractivity contribution in [1.82, 2.24) is 4.98 Å². The lowest BCUT2D eigenvalue weighted by molar-refractivity contribution is 0.340. The number of anilines is 1. The molecular formula is C20H28N2O4S. The molecule has 0 aliphatic carbocycles. The van der Waals surface area contributed by atoms with Crippen LogP contribution in [0.2, 0.25) is 0 Å². The van der Waals surface area contributed by atoms with Gasteiger partial charge in [0.05, 0.1) is 11.5 Å². The van der Waals surface area contributed by atoms with E-state index in [-0.39, 0.29) is 9.92 Å². The third kappa shape index (κ3) is 4.46. The zero-order chi connectivity index (χ0) is 19.4. The molecular weight excluding hydrogens is 364 g/mol. The summed E-state index contributed by atoms with van der Waals surface area (Å²) in [6, 6.07) is 6.48. The van der Waals surface area contributed by atoms with Gasteiger partial charge in [0.15, 0.2) is 5.89 Å².